The van der Waals surface area contributed by atoms with E-state index in [0.717, 1.165) is 25.2 Å². The molecule has 100 valence electrons. The molecule has 0 bridgehead atoms. The van der Waals surface area contributed by atoms with Gasteiger partial charge in [0.15, 0.2) is 0 Å². The van der Waals surface area contributed by atoms with E-state index in [9.17, 15) is 5.11 Å². The largest absolute Gasteiger partial charge is 0.508 e. The van der Waals surface area contributed by atoms with Crippen molar-refractivity contribution in [2.45, 2.75) is 32.7 Å². The van der Waals surface area contributed by atoms with E-state index in [1.54, 1.807) is 0 Å². The van der Waals surface area contributed by atoms with Gasteiger partial charge in [0.05, 0.1) is 0 Å². The highest BCUT2D eigenvalue weighted by Crippen LogP contribution is 2.28. The minimum Gasteiger partial charge on any atom is -0.508 e. The average Bonchev–Trinajstić information content (AvgIpc) is 2.32. The maximum absolute atomic E-state index is 10.00. The van der Waals surface area contributed by atoms with Gasteiger partial charge in [0.1, 0.15) is 5.75 Å². The Morgan fingerprint density at radius 2 is 1.89 bits per heavy atom. The predicted molar refractivity (Wildman–Crippen MR) is 79.4 cm³/mol. The average molecular weight is 265 g/mol. The van der Waals surface area contributed by atoms with Crippen molar-refractivity contribution in [3.05, 3.63) is 29.3 Å². The highest BCUT2D eigenvalue weighted by Gasteiger charge is 2.17. The summed E-state index contributed by atoms with van der Waals surface area (Å²) in [6.45, 7) is 9.76. The zero-order valence-corrected chi connectivity index (χ0v) is 12.4. The van der Waals surface area contributed by atoms with Gasteiger partial charge in [-0.3, -0.25) is 4.90 Å². The maximum atomic E-state index is 10.00. The fourth-order valence-corrected chi connectivity index (χ4v) is 3.16. The molecule has 2 nitrogen and oxygen atoms in total. The molecule has 1 aromatic carbocycles. The summed E-state index contributed by atoms with van der Waals surface area (Å²) in [7, 11) is 0. The van der Waals surface area contributed by atoms with Gasteiger partial charge in [-0.1, -0.05) is 32.9 Å². The first-order chi connectivity index (χ1) is 8.47. The van der Waals surface area contributed by atoms with Crippen LogP contribution in [0.15, 0.2) is 18.2 Å². The number of benzene rings is 1. The van der Waals surface area contributed by atoms with Gasteiger partial charge < -0.3 is 5.11 Å². The molecule has 0 unspecified atom stereocenters. The summed E-state index contributed by atoms with van der Waals surface area (Å²) in [5.41, 5.74) is 2.50. The Morgan fingerprint density at radius 1 is 1.22 bits per heavy atom. The highest BCUT2D eigenvalue weighted by molar-refractivity contribution is 7.99. The number of thioether (sulfide) groups is 1. The molecular weight excluding hydrogens is 242 g/mol. The highest BCUT2D eigenvalue weighted by atomic mass is 32.2. The van der Waals surface area contributed by atoms with Gasteiger partial charge in [0.2, 0.25) is 0 Å². The number of hydrogen-bond acceptors (Lipinski definition) is 3. The molecule has 1 aromatic rings. The Hall–Kier alpha value is -0.670. The van der Waals surface area contributed by atoms with Crippen molar-refractivity contribution in [1.29, 1.82) is 0 Å². The zero-order chi connectivity index (χ0) is 13.2. The zero-order valence-electron chi connectivity index (χ0n) is 11.6. The molecule has 1 aliphatic rings. The summed E-state index contributed by atoms with van der Waals surface area (Å²) in [4.78, 5) is 2.43. The second kappa shape index (κ2) is 5.54. The van der Waals surface area contributed by atoms with E-state index in [2.05, 4.69) is 31.7 Å². The molecule has 0 atom stereocenters. The number of aromatic hydroxyl groups is 1. The standard InChI is InChI=1S/C15H23NOS/c1-15(2,3)13-4-5-14(17)12(10-13)11-16-6-8-18-9-7-16/h4-5,10,17H,6-9,11H2,1-3H3. The van der Waals surface area contributed by atoms with Gasteiger partial charge in [-0.05, 0) is 17.0 Å². The van der Waals surface area contributed by atoms with Gasteiger partial charge in [-0.2, -0.15) is 11.8 Å². The normalized spacial score (nSPS) is 17.9. The monoisotopic (exact) mass is 265 g/mol. The molecule has 0 aliphatic carbocycles. The van der Waals surface area contributed by atoms with E-state index < -0.39 is 0 Å². The van der Waals surface area contributed by atoms with Crippen LogP contribution in [0.3, 0.4) is 0 Å². The maximum Gasteiger partial charge on any atom is 0.120 e. The van der Waals surface area contributed by atoms with Crippen molar-refractivity contribution in [2.75, 3.05) is 24.6 Å². The molecule has 0 saturated carbocycles. The van der Waals surface area contributed by atoms with Gasteiger partial charge in [-0.15, -0.1) is 0 Å². The van der Waals surface area contributed by atoms with Crippen LogP contribution < -0.4 is 0 Å². The van der Waals surface area contributed by atoms with Crippen LogP contribution in [0.5, 0.6) is 5.75 Å². The Labute approximate surface area is 114 Å². The van der Waals surface area contributed by atoms with Crippen molar-refractivity contribution < 1.29 is 5.11 Å². The van der Waals surface area contributed by atoms with E-state index in [4.69, 9.17) is 0 Å². The summed E-state index contributed by atoms with van der Waals surface area (Å²) >= 11 is 2.02. The van der Waals surface area contributed by atoms with Crippen LogP contribution in [0.2, 0.25) is 0 Å². The predicted octanol–water partition coefficient (Wildman–Crippen LogP) is 3.24. The molecule has 1 saturated heterocycles. The first-order valence-corrected chi connectivity index (χ1v) is 7.75. The summed E-state index contributed by atoms with van der Waals surface area (Å²) in [6, 6.07) is 6.04. The molecular formula is C15H23NOS. The van der Waals surface area contributed by atoms with Crippen molar-refractivity contribution >= 4 is 11.8 Å². The number of phenols is 1. The van der Waals surface area contributed by atoms with Crippen LogP contribution in [0, 0.1) is 0 Å². The van der Waals surface area contributed by atoms with Crippen molar-refractivity contribution in [2.24, 2.45) is 0 Å². The fraction of sp³-hybridized carbons (Fsp3) is 0.600. The van der Waals surface area contributed by atoms with Crippen LogP contribution >= 0.6 is 11.8 Å². The third kappa shape index (κ3) is 3.42. The number of phenolic OH excluding ortho intramolecular Hbond substituents is 1. The molecule has 2 rings (SSSR count). The SMILES string of the molecule is CC(C)(C)c1ccc(O)c(CN2CCSCC2)c1. The number of hydrogen-bond donors (Lipinski definition) is 1. The first kappa shape index (κ1) is 13.8. The third-order valence-electron chi connectivity index (χ3n) is 3.44. The van der Waals surface area contributed by atoms with Crippen LogP contribution in [-0.4, -0.2) is 34.6 Å². The Kier molecular flexibility index (Phi) is 4.23. The van der Waals surface area contributed by atoms with E-state index >= 15 is 0 Å². The molecule has 0 spiro atoms. The number of nitrogens with zero attached hydrogens (tertiary/aromatic N) is 1. The smallest absolute Gasteiger partial charge is 0.120 e. The van der Waals surface area contributed by atoms with Crippen LogP contribution in [0.4, 0.5) is 0 Å². The Morgan fingerprint density at radius 3 is 2.50 bits per heavy atom. The Balaban J connectivity index is 2.15. The summed E-state index contributed by atoms with van der Waals surface area (Å²) in [5.74, 6) is 2.85. The molecule has 18 heavy (non-hydrogen) atoms. The minimum atomic E-state index is 0.139. The second-order valence-corrected chi connectivity index (χ2v) is 7.21. The van der Waals surface area contributed by atoms with Crippen molar-refractivity contribution in [3.63, 3.8) is 0 Å². The molecule has 0 radical (unpaired) electrons. The molecule has 3 heteroatoms. The Bertz CT molecular complexity index is 405. The van der Waals surface area contributed by atoms with Crippen molar-refractivity contribution in [3.8, 4) is 5.75 Å². The lowest BCUT2D eigenvalue weighted by Gasteiger charge is -2.27. The van der Waals surface area contributed by atoms with E-state index in [1.807, 2.05) is 23.9 Å². The molecule has 1 fully saturated rings. The quantitative estimate of drug-likeness (QED) is 0.888. The topological polar surface area (TPSA) is 23.5 Å². The number of rotatable bonds is 2. The molecule has 1 N–H and O–H groups in total. The van der Waals surface area contributed by atoms with Gasteiger partial charge in [0, 0.05) is 36.7 Å². The van der Waals surface area contributed by atoms with Crippen molar-refractivity contribution in [1.82, 2.24) is 4.90 Å². The molecule has 0 amide bonds. The van der Waals surface area contributed by atoms with Crippen LogP contribution in [0.25, 0.3) is 0 Å². The van der Waals surface area contributed by atoms with Crippen LogP contribution in [-0.2, 0) is 12.0 Å². The van der Waals surface area contributed by atoms with Gasteiger partial charge in [0.25, 0.3) is 0 Å². The molecule has 0 aromatic heterocycles. The van der Waals surface area contributed by atoms with Gasteiger partial charge in [-0.25, -0.2) is 0 Å². The summed E-state index contributed by atoms with van der Waals surface area (Å²) < 4.78 is 0. The van der Waals surface area contributed by atoms with E-state index in [0.29, 0.717) is 5.75 Å². The lowest BCUT2D eigenvalue weighted by atomic mass is 9.86. The lowest BCUT2D eigenvalue weighted by Crippen LogP contribution is -2.32. The molecule has 1 heterocycles. The van der Waals surface area contributed by atoms with Crippen LogP contribution in [0.1, 0.15) is 31.9 Å². The summed E-state index contributed by atoms with van der Waals surface area (Å²) in [6.07, 6.45) is 0. The summed E-state index contributed by atoms with van der Waals surface area (Å²) in [5, 5.41) is 10.00. The van der Waals surface area contributed by atoms with E-state index in [1.165, 1.54) is 17.1 Å². The molecule has 1 aliphatic heterocycles. The fourth-order valence-electron chi connectivity index (χ4n) is 2.18. The lowest BCUT2D eigenvalue weighted by molar-refractivity contribution is 0.289. The third-order valence-corrected chi connectivity index (χ3v) is 4.39. The van der Waals surface area contributed by atoms with Gasteiger partial charge >= 0.3 is 0 Å². The van der Waals surface area contributed by atoms with E-state index in [-0.39, 0.29) is 5.41 Å². The second-order valence-electron chi connectivity index (χ2n) is 5.98. The first-order valence-electron chi connectivity index (χ1n) is 6.59. The minimum absolute atomic E-state index is 0.139.